The Bertz CT molecular complexity index is 678. The van der Waals surface area contributed by atoms with Crippen LogP contribution in [-0.4, -0.2) is 13.4 Å². The van der Waals surface area contributed by atoms with E-state index in [0.29, 0.717) is 5.13 Å². The normalized spacial score (nSPS) is 11.7. The second-order valence-corrected chi connectivity index (χ2v) is 6.88. The van der Waals surface area contributed by atoms with Crippen molar-refractivity contribution in [3.05, 3.63) is 35.3 Å². The lowest BCUT2D eigenvalue weighted by molar-refractivity contribution is 0.601. The van der Waals surface area contributed by atoms with Crippen LogP contribution < -0.4 is 10.5 Å². The van der Waals surface area contributed by atoms with Gasteiger partial charge >= 0.3 is 0 Å². The van der Waals surface area contributed by atoms with E-state index in [1.54, 1.807) is 18.2 Å². The molecule has 0 aliphatic heterocycles. The Morgan fingerprint density at radius 2 is 2.00 bits per heavy atom. The quantitative estimate of drug-likeness (QED) is 0.850. The van der Waals surface area contributed by atoms with E-state index in [-0.39, 0.29) is 16.5 Å². The van der Waals surface area contributed by atoms with E-state index in [0.717, 1.165) is 5.69 Å². The first-order valence-corrected chi connectivity index (χ1v) is 8.09. The molecule has 0 saturated heterocycles. The van der Waals surface area contributed by atoms with Gasteiger partial charge in [-0.1, -0.05) is 26.0 Å². The second-order valence-electron chi connectivity index (χ2n) is 4.38. The molecule has 0 fully saturated rings. The largest absolute Gasteiger partial charge is 0.398 e. The summed E-state index contributed by atoms with van der Waals surface area (Å²) < 4.78 is 26.8. The van der Waals surface area contributed by atoms with Crippen LogP contribution in [0.4, 0.5) is 10.8 Å². The van der Waals surface area contributed by atoms with E-state index in [2.05, 4.69) is 9.71 Å². The van der Waals surface area contributed by atoms with Gasteiger partial charge in [0.1, 0.15) is 4.90 Å². The van der Waals surface area contributed by atoms with Crippen LogP contribution in [0.15, 0.2) is 34.5 Å². The molecule has 1 aromatic carbocycles. The fraction of sp³-hybridized carbons (Fsp3) is 0.250. The minimum absolute atomic E-state index is 0.0660. The molecule has 1 aromatic heterocycles. The fourth-order valence-corrected chi connectivity index (χ4v) is 3.75. The van der Waals surface area contributed by atoms with Gasteiger partial charge in [-0.15, -0.1) is 11.3 Å². The zero-order chi connectivity index (χ0) is 14.0. The van der Waals surface area contributed by atoms with E-state index in [1.807, 2.05) is 19.2 Å². The average Bonchev–Trinajstić information content (AvgIpc) is 2.77. The third kappa shape index (κ3) is 3.05. The Balaban J connectivity index is 2.29. The monoisotopic (exact) mass is 297 g/mol. The van der Waals surface area contributed by atoms with Crippen molar-refractivity contribution in [1.29, 1.82) is 0 Å². The van der Waals surface area contributed by atoms with E-state index >= 15 is 0 Å². The summed E-state index contributed by atoms with van der Waals surface area (Å²) in [5.74, 6) is 0.260. The Hall–Kier alpha value is -1.60. The molecule has 0 spiro atoms. The molecular formula is C12H15N3O2S2. The maximum absolute atomic E-state index is 12.2. The Kier molecular flexibility index (Phi) is 3.77. The fourth-order valence-electron chi connectivity index (χ4n) is 1.49. The zero-order valence-electron chi connectivity index (χ0n) is 10.6. The van der Waals surface area contributed by atoms with Crippen molar-refractivity contribution >= 4 is 32.2 Å². The van der Waals surface area contributed by atoms with Crippen LogP contribution in [0.3, 0.4) is 0 Å². The highest BCUT2D eigenvalue weighted by Gasteiger charge is 2.18. The molecular weight excluding hydrogens is 282 g/mol. The molecule has 0 atom stereocenters. The van der Waals surface area contributed by atoms with Gasteiger partial charge in [-0.05, 0) is 18.1 Å². The van der Waals surface area contributed by atoms with E-state index < -0.39 is 10.0 Å². The molecule has 0 amide bonds. The number of nitrogens with two attached hydrogens (primary N) is 1. The highest BCUT2D eigenvalue weighted by Crippen LogP contribution is 2.25. The maximum atomic E-state index is 12.2. The third-order valence-corrected chi connectivity index (χ3v) is 4.86. The van der Waals surface area contributed by atoms with Gasteiger partial charge in [0.05, 0.1) is 11.4 Å². The van der Waals surface area contributed by atoms with Crippen molar-refractivity contribution in [1.82, 2.24) is 4.98 Å². The van der Waals surface area contributed by atoms with Gasteiger partial charge in [0, 0.05) is 5.38 Å². The van der Waals surface area contributed by atoms with Gasteiger partial charge in [-0.25, -0.2) is 13.4 Å². The Labute approximate surface area is 116 Å². The van der Waals surface area contributed by atoms with Crippen LogP contribution in [-0.2, 0) is 10.0 Å². The number of nitrogens with zero attached hydrogens (tertiary/aromatic N) is 1. The predicted molar refractivity (Wildman–Crippen MR) is 77.9 cm³/mol. The second kappa shape index (κ2) is 5.18. The lowest BCUT2D eigenvalue weighted by atomic mass is 10.2. The summed E-state index contributed by atoms with van der Waals surface area (Å²) in [5.41, 5.74) is 6.76. The maximum Gasteiger partial charge on any atom is 0.265 e. The van der Waals surface area contributed by atoms with Gasteiger partial charge in [0.2, 0.25) is 0 Å². The lowest BCUT2D eigenvalue weighted by Crippen LogP contribution is -2.14. The predicted octanol–water partition coefficient (Wildman–Crippen LogP) is 2.65. The number of rotatable bonds is 4. The first kappa shape index (κ1) is 13.8. The molecule has 19 heavy (non-hydrogen) atoms. The summed E-state index contributed by atoms with van der Waals surface area (Å²) in [4.78, 5) is 4.30. The highest BCUT2D eigenvalue weighted by molar-refractivity contribution is 7.93. The summed E-state index contributed by atoms with van der Waals surface area (Å²) in [7, 11) is -3.68. The third-order valence-electron chi connectivity index (χ3n) is 2.54. The number of hydrogen-bond acceptors (Lipinski definition) is 5. The Morgan fingerprint density at radius 3 is 2.58 bits per heavy atom. The number of hydrogen-bond donors (Lipinski definition) is 2. The molecule has 0 bridgehead atoms. The molecule has 102 valence electrons. The summed E-state index contributed by atoms with van der Waals surface area (Å²) in [6.07, 6.45) is 0. The van der Waals surface area contributed by atoms with E-state index in [9.17, 15) is 8.42 Å². The minimum Gasteiger partial charge on any atom is -0.398 e. The standard InChI is InChI=1S/C12H15N3O2S2/c1-8(2)10-7-18-12(14-10)15-19(16,17)11-6-4-3-5-9(11)13/h3-8H,13H2,1-2H3,(H,14,15). The smallest absolute Gasteiger partial charge is 0.265 e. The highest BCUT2D eigenvalue weighted by atomic mass is 32.2. The summed E-state index contributed by atoms with van der Waals surface area (Å²) >= 11 is 1.26. The van der Waals surface area contributed by atoms with Crippen molar-refractivity contribution in [2.45, 2.75) is 24.7 Å². The van der Waals surface area contributed by atoms with Crippen LogP contribution in [0, 0.1) is 0 Å². The molecule has 0 aliphatic carbocycles. The van der Waals surface area contributed by atoms with Crippen LogP contribution in [0.5, 0.6) is 0 Å². The number of anilines is 2. The van der Waals surface area contributed by atoms with E-state index in [1.165, 1.54) is 17.4 Å². The van der Waals surface area contributed by atoms with Gasteiger partial charge in [-0.2, -0.15) is 0 Å². The van der Waals surface area contributed by atoms with Crippen LogP contribution in [0.2, 0.25) is 0 Å². The van der Waals surface area contributed by atoms with Gasteiger partial charge in [0.25, 0.3) is 10.0 Å². The minimum atomic E-state index is -3.68. The van der Waals surface area contributed by atoms with Crippen molar-refractivity contribution in [2.75, 3.05) is 10.5 Å². The molecule has 1 heterocycles. The topological polar surface area (TPSA) is 85.1 Å². The number of aromatic nitrogens is 1. The van der Waals surface area contributed by atoms with Gasteiger partial charge in [-0.3, -0.25) is 4.72 Å². The molecule has 2 rings (SSSR count). The van der Waals surface area contributed by atoms with Crippen molar-refractivity contribution in [3.63, 3.8) is 0 Å². The molecule has 5 nitrogen and oxygen atoms in total. The summed E-state index contributed by atoms with van der Waals surface area (Å²) in [6.45, 7) is 4.00. The van der Waals surface area contributed by atoms with Gasteiger partial charge < -0.3 is 5.73 Å². The van der Waals surface area contributed by atoms with Crippen LogP contribution in [0.25, 0.3) is 0 Å². The molecule has 7 heteroatoms. The Morgan fingerprint density at radius 1 is 1.32 bits per heavy atom. The number of thiazole rings is 1. The molecule has 0 aliphatic rings. The lowest BCUT2D eigenvalue weighted by Gasteiger charge is -2.07. The van der Waals surface area contributed by atoms with Gasteiger partial charge in [0.15, 0.2) is 5.13 Å². The van der Waals surface area contributed by atoms with Crippen molar-refractivity contribution in [3.8, 4) is 0 Å². The number of nitrogen functional groups attached to an aromatic ring is 1. The van der Waals surface area contributed by atoms with Crippen molar-refractivity contribution < 1.29 is 8.42 Å². The van der Waals surface area contributed by atoms with Crippen molar-refractivity contribution in [2.24, 2.45) is 0 Å². The summed E-state index contributed by atoms with van der Waals surface area (Å²) in [6, 6.07) is 6.34. The SMILES string of the molecule is CC(C)c1csc(NS(=O)(=O)c2ccccc2N)n1. The average molecular weight is 297 g/mol. The number of benzene rings is 1. The summed E-state index contributed by atoms with van der Waals surface area (Å²) in [5, 5.41) is 2.20. The van der Waals surface area contributed by atoms with Crippen LogP contribution >= 0.6 is 11.3 Å². The number of nitrogens with one attached hydrogen (secondary N) is 1. The van der Waals surface area contributed by atoms with E-state index in [4.69, 9.17) is 5.73 Å². The first-order valence-electron chi connectivity index (χ1n) is 5.73. The van der Waals surface area contributed by atoms with Crippen LogP contribution in [0.1, 0.15) is 25.5 Å². The molecule has 3 N–H and O–H groups in total. The molecule has 0 radical (unpaired) electrons. The first-order chi connectivity index (χ1) is 8.90. The molecule has 0 unspecified atom stereocenters. The number of sulfonamides is 1. The number of para-hydroxylation sites is 1. The molecule has 2 aromatic rings. The zero-order valence-corrected chi connectivity index (χ0v) is 12.3. The molecule has 0 saturated carbocycles.